The first kappa shape index (κ1) is 10.7. The largest absolute Gasteiger partial charge is 0.326 e. The topological polar surface area (TPSA) is 29.3 Å². The zero-order chi connectivity index (χ0) is 10.0. The third-order valence-corrected chi connectivity index (χ3v) is 3.30. The highest BCUT2D eigenvalue weighted by Crippen LogP contribution is 2.27. The molecule has 0 aromatic heterocycles. The third-order valence-electron chi connectivity index (χ3n) is 3.30. The lowest BCUT2D eigenvalue weighted by Gasteiger charge is -2.37. The molecule has 0 unspecified atom stereocenters. The van der Waals surface area contributed by atoms with Crippen LogP contribution >= 0.6 is 0 Å². The fourth-order valence-corrected chi connectivity index (χ4v) is 2.22. The van der Waals surface area contributed by atoms with Crippen LogP contribution in [-0.4, -0.2) is 31.1 Å². The molecule has 0 saturated heterocycles. The van der Waals surface area contributed by atoms with E-state index in [9.17, 15) is 0 Å². The molecule has 2 N–H and O–H groups in total. The highest BCUT2D eigenvalue weighted by Gasteiger charge is 2.29. The molecule has 0 aliphatic heterocycles. The summed E-state index contributed by atoms with van der Waals surface area (Å²) in [5.41, 5.74) is 7.74. The van der Waals surface area contributed by atoms with Gasteiger partial charge in [0.15, 0.2) is 0 Å². The number of likely N-dealkylation sites (N-methyl/N-ethyl adjacent to an activating group) is 1. The second kappa shape index (κ2) is 4.25. The van der Waals surface area contributed by atoms with Crippen LogP contribution in [0.3, 0.4) is 0 Å². The van der Waals surface area contributed by atoms with Gasteiger partial charge < -0.3 is 10.6 Å². The maximum absolute atomic E-state index is 6.21. The van der Waals surface area contributed by atoms with Crippen molar-refractivity contribution in [3.63, 3.8) is 0 Å². The summed E-state index contributed by atoms with van der Waals surface area (Å²) in [6.45, 7) is 4.46. The molecule has 1 rings (SSSR count). The highest BCUT2D eigenvalue weighted by molar-refractivity contribution is 5.15. The predicted molar refractivity (Wildman–Crippen MR) is 57.6 cm³/mol. The Hall–Kier alpha value is -0.340. The Bertz CT molecular complexity index is 196. The van der Waals surface area contributed by atoms with E-state index in [0.717, 1.165) is 12.8 Å². The minimum Gasteiger partial charge on any atom is -0.326 e. The predicted octanol–water partition coefficient (Wildman–Crippen LogP) is 1.62. The van der Waals surface area contributed by atoms with E-state index in [4.69, 9.17) is 5.73 Å². The average Bonchev–Trinajstić information content (AvgIpc) is 2.09. The smallest absolute Gasteiger partial charge is 0.0281 e. The zero-order valence-electron chi connectivity index (χ0n) is 9.25. The third kappa shape index (κ3) is 2.12. The van der Waals surface area contributed by atoms with Crippen LogP contribution in [0.4, 0.5) is 0 Å². The summed E-state index contributed by atoms with van der Waals surface area (Å²) in [6.07, 6.45) is 4.63. The SMILES string of the molecule is CCC1=CC[C@@H](N(C)C)[C@@H](N)[C@@H]1C. The van der Waals surface area contributed by atoms with Crippen LogP contribution in [0.1, 0.15) is 26.7 Å². The molecule has 0 bridgehead atoms. The van der Waals surface area contributed by atoms with Crippen molar-refractivity contribution in [2.75, 3.05) is 14.1 Å². The summed E-state index contributed by atoms with van der Waals surface area (Å²) in [7, 11) is 4.23. The molecular weight excluding hydrogens is 160 g/mol. The van der Waals surface area contributed by atoms with Gasteiger partial charge in [-0.3, -0.25) is 0 Å². The van der Waals surface area contributed by atoms with Gasteiger partial charge in [0.25, 0.3) is 0 Å². The molecule has 0 fully saturated rings. The van der Waals surface area contributed by atoms with Crippen molar-refractivity contribution in [1.82, 2.24) is 4.90 Å². The van der Waals surface area contributed by atoms with Crippen LogP contribution in [0.25, 0.3) is 0 Å². The van der Waals surface area contributed by atoms with Gasteiger partial charge in [0.2, 0.25) is 0 Å². The number of rotatable bonds is 2. The van der Waals surface area contributed by atoms with Gasteiger partial charge in [0, 0.05) is 12.1 Å². The van der Waals surface area contributed by atoms with E-state index in [1.54, 1.807) is 0 Å². The highest BCUT2D eigenvalue weighted by atomic mass is 15.1. The molecule has 0 spiro atoms. The molecule has 0 heterocycles. The summed E-state index contributed by atoms with van der Waals surface area (Å²) < 4.78 is 0. The maximum Gasteiger partial charge on any atom is 0.0281 e. The van der Waals surface area contributed by atoms with E-state index in [-0.39, 0.29) is 0 Å². The monoisotopic (exact) mass is 182 g/mol. The molecule has 1 aliphatic rings. The molecule has 13 heavy (non-hydrogen) atoms. The lowest BCUT2D eigenvalue weighted by atomic mass is 9.80. The van der Waals surface area contributed by atoms with Crippen LogP contribution < -0.4 is 5.73 Å². The van der Waals surface area contributed by atoms with E-state index in [2.05, 4.69) is 38.9 Å². The molecular formula is C11H22N2. The second-order valence-corrected chi connectivity index (χ2v) is 4.27. The molecule has 0 saturated carbocycles. The molecule has 0 aromatic carbocycles. The molecule has 1 aliphatic carbocycles. The van der Waals surface area contributed by atoms with Gasteiger partial charge in [-0.25, -0.2) is 0 Å². The minimum absolute atomic E-state index is 0.301. The van der Waals surface area contributed by atoms with Crippen LogP contribution in [0.2, 0.25) is 0 Å². The number of nitrogens with two attached hydrogens (primary N) is 1. The lowest BCUT2D eigenvalue weighted by Crippen LogP contribution is -2.50. The van der Waals surface area contributed by atoms with Crippen molar-refractivity contribution in [3.05, 3.63) is 11.6 Å². The summed E-state index contributed by atoms with van der Waals surface area (Å²) in [4.78, 5) is 2.24. The second-order valence-electron chi connectivity index (χ2n) is 4.27. The van der Waals surface area contributed by atoms with Crippen LogP contribution in [0, 0.1) is 5.92 Å². The van der Waals surface area contributed by atoms with Gasteiger partial charge in [-0.15, -0.1) is 0 Å². The summed E-state index contributed by atoms with van der Waals surface area (Å²) in [5.74, 6) is 0.547. The molecule has 0 aromatic rings. The van der Waals surface area contributed by atoms with Gasteiger partial charge >= 0.3 is 0 Å². The number of hydrogen-bond donors (Lipinski definition) is 1. The van der Waals surface area contributed by atoms with Crippen molar-refractivity contribution in [1.29, 1.82) is 0 Å². The molecule has 76 valence electrons. The molecule has 2 nitrogen and oxygen atoms in total. The lowest BCUT2D eigenvalue weighted by molar-refractivity contribution is 0.216. The fraction of sp³-hybridized carbons (Fsp3) is 0.818. The van der Waals surface area contributed by atoms with E-state index in [1.165, 1.54) is 5.57 Å². The Morgan fingerprint density at radius 2 is 2.15 bits per heavy atom. The summed E-state index contributed by atoms with van der Waals surface area (Å²) in [5, 5.41) is 0. The van der Waals surface area contributed by atoms with E-state index >= 15 is 0 Å². The van der Waals surface area contributed by atoms with Crippen molar-refractivity contribution >= 4 is 0 Å². The molecule has 3 atom stereocenters. The first-order valence-electron chi connectivity index (χ1n) is 5.18. The van der Waals surface area contributed by atoms with Crippen LogP contribution in [0.5, 0.6) is 0 Å². The van der Waals surface area contributed by atoms with Crippen molar-refractivity contribution in [2.45, 2.75) is 38.8 Å². The molecule has 2 heteroatoms. The van der Waals surface area contributed by atoms with E-state index < -0.39 is 0 Å². The van der Waals surface area contributed by atoms with Crippen LogP contribution in [0.15, 0.2) is 11.6 Å². The minimum atomic E-state index is 0.301. The Morgan fingerprint density at radius 1 is 1.54 bits per heavy atom. The summed E-state index contributed by atoms with van der Waals surface area (Å²) in [6, 6.07) is 0.820. The molecule has 0 radical (unpaired) electrons. The fourth-order valence-electron chi connectivity index (χ4n) is 2.22. The van der Waals surface area contributed by atoms with Gasteiger partial charge in [0.05, 0.1) is 0 Å². The number of nitrogens with zero attached hydrogens (tertiary/aromatic N) is 1. The first-order chi connectivity index (χ1) is 6.07. The van der Waals surface area contributed by atoms with Gasteiger partial charge in [-0.2, -0.15) is 0 Å². The van der Waals surface area contributed by atoms with Crippen molar-refractivity contribution in [2.24, 2.45) is 11.7 Å². The van der Waals surface area contributed by atoms with Gasteiger partial charge in [0.1, 0.15) is 0 Å². The quantitative estimate of drug-likeness (QED) is 0.658. The zero-order valence-corrected chi connectivity index (χ0v) is 9.25. The Morgan fingerprint density at radius 3 is 2.62 bits per heavy atom. The Labute approximate surface area is 81.8 Å². The van der Waals surface area contributed by atoms with Gasteiger partial charge in [-0.1, -0.05) is 25.5 Å². The maximum atomic E-state index is 6.21. The standard InChI is InChI=1S/C11H22N2/c1-5-9-6-7-10(13(3)4)11(12)8(9)2/h6,8,10-11H,5,7,12H2,1-4H3/t8-,10-,11+/m1/s1. The van der Waals surface area contributed by atoms with Crippen molar-refractivity contribution < 1.29 is 0 Å². The normalized spacial score (nSPS) is 34.9. The van der Waals surface area contributed by atoms with Gasteiger partial charge in [-0.05, 0) is 32.9 Å². The van der Waals surface area contributed by atoms with Crippen LogP contribution in [-0.2, 0) is 0 Å². The summed E-state index contributed by atoms with van der Waals surface area (Å²) >= 11 is 0. The van der Waals surface area contributed by atoms with Crippen molar-refractivity contribution in [3.8, 4) is 0 Å². The number of hydrogen-bond acceptors (Lipinski definition) is 2. The molecule has 0 amide bonds. The Balaban J connectivity index is 2.74. The van der Waals surface area contributed by atoms with E-state index in [1.807, 2.05) is 0 Å². The Kier molecular flexibility index (Phi) is 3.51. The average molecular weight is 182 g/mol. The van der Waals surface area contributed by atoms with E-state index in [0.29, 0.717) is 18.0 Å². The first-order valence-corrected chi connectivity index (χ1v) is 5.18.